The molecule has 0 bridgehead atoms. The Labute approximate surface area is 100 Å². The van der Waals surface area contributed by atoms with E-state index in [0.717, 1.165) is 0 Å². The number of carbonyl (C=O) groups excluding carboxylic acids is 2. The molecule has 0 atom stereocenters. The molecule has 1 aliphatic rings. The second kappa shape index (κ2) is 4.32. The number of benzene rings is 1. The van der Waals surface area contributed by atoms with Gasteiger partial charge in [-0.25, -0.2) is 0 Å². The Kier molecular flexibility index (Phi) is 2.98. The molecule has 7 heteroatoms. The molecule has 0 fully saturated rings. The summed E-state index contributed by atoms with van der Waals surface area (Å²) in [5.74, 6) is -2.38. The number of rotatable bonds is 0. The molecule has 18 heavy (non-hydrogen) atoms. The van der Waals surface area contributed by atoms with Crippen molar-refractivity contribution in [2.24, 2.45) is 0 Å². The number of amides is 2. The molecular weight excluding hydrogens is 249 g/mol. The van der Waals surface area contributed by atoms with E-state index in [1.54, 1.807) is 6.07 Å². The average molecular weight is 258 g/mol. The molecule has 4 nitrogen and oxygen atoms in total. The van der Waals surface area contributed by atoms with E-state index in [1.807, 2.05) is 0 Å². The third-order valence-electron chi connectivity index (χ3n) is 2.52. The van der Waals surface area contributed by atoms with Gasteiger partial charge in [0.25, 0.3) is 0 Å². The van der Waals surface area contributed by atoms with Gasteiger partial charge < -0.3 is 10.2 Å². The van der Waals surface area contributed by atoms with Crippen LogP contribution >= 0.6 is 0 Å². The van der Waals surface area contributed by atoms with E-state index in [1.165, 1.54) is 18.2 Å². The van der Waals surface area contributed by atoms with Crippen LogP contribution < -0.4 is 10.2 Å². The van der Waals surface area contributed by atoms with Gasteiger partial charge in [-0.2, -0.15) is 13.2 Å². The van der Waals surface area contributed by atoms with Crippen LogP contribution in [0.1, 0.15) is 6.42 Å². The van der Waals surface area contributed by atoms with Gasteiger partial charge in [0.2, 0.25) is 5.91 Å². The number of hydrogen-bond donors (Lipinski definition) is 1. The lowest BCUT2D eigenvalue weighted by Crippen LogP contribution is -2.41. The van der Waals surface area contributed by atoms with E-state index < -0.39 is 18.0 Å². The number of alkyl halides is 3. The molecule has 2 rings (SSSR count). The molecule has 0 unspecified atom stereocenters. The Hall–Kier alpha value is -2.05. The van der Waals surface area contributed by atoms with Crippen LogP contribution in [0.5, 0.6) is 0 Å². The molecule has 1 aromatic carbocycles. The van der Waals surface area contributed by atoms with Crippen LogP contribution in [0.4, 0.5) is 24.5 Å². The van der Waals surface area contributed by atoms with Gasteiger partial charge in [0, 0.05) is 13.0 Å². The van der Waals surface area contributed by atoms with Gasteiger partial charge in [0.05, 0.1) is 11.4 Å². The summed E-state index contributed by atoms with van der Waals surface area (Å²) < 4.78 is 37.4. The lowest BCUT2D eigenvalue weighted by atomic mass is 10.2. The number of fused-ring (bicyclic) bond motifs is 1. The maximum atomic E-state index is 12.5. The Morgan fingerprint density at radius 2 is 1.94 bits per heavy atom. The summed E-state index contributed by atoms with van der Waals surface area (Å²) in [4.78, 5) is 23.2. The van der Waals surface area contributed by atoms with Crippen molar-refractivity contribution in [1.82, 2.24) is 0 Å². The van der Waals surface area contributed by atoms with E-state index in [-0.39, 0.29) is 24.3 Å². The SMILES string of the molecule is O=C1CCN(C(=O)C(F)(F)F)c2ccccc2N1. The molecule has 0 saturated heterocycles. The molecule has 96 valence electrons. The highest BCUT2D eigenvalue weighted by Gasteiger charge is 2.44. The molecule has 1 N–H and O–H groups in total. The lowest BCUT2D eigenvalue weighted by molar-refractivity contribution is -0.170. The average Bonchev–Trinajstić information content (AvgIpc) is 2.45. The van der Waals surface area contributed by atoms with Crippen molar-refractivity contribution in [1.29, 1.82) is 0 Å². The van der Waals surface area contributed by atoms with Crippen molar-refractivity contribution >= 4 is 23.2 Å². The first-order chi connectivity index (χ1) is 8.39. The zero-order valence-corrected chi connectivity index (χ0v) is 9.12. The van der Waals surface area contributed by atoms with Crippen molar-refractivity contribution in [2.75, 3.05) is 16.8 Å². The van der Waals surface area contributed by atoms with Crippen molar-refractivity contribution in [3.8, 4) is 0 Å². The molecule has 1 aromatic rings. The fourth-order valence-corrected chi connectivity index (χ4v) is 1.73. The number of para-hydroxylation sites is 2. The highest BCUT2D eigenvalue weighted by molar-refractivity contribution is 6.05. The Morgan fingerprint density at radius 3 is 2.61 bits per heavy atom. The number of halogens is 3. The van der Waals surface area contributed by atoms with Gasteiger partial charge in [-0.3, -0.25) is 9.59 Å². The molecule has 0 radical (unpaired) electrons. The maximum absolute atomic E-state index is 12.5. The summed E-state index contributed by atoms with van der Waals surface area (Å²) in [6.07, 6.45) is -5.13. The first kappa shape index (κ1) is 12.4. The minimum Gasteiger partial charge on any atom is -0.324 e. The largest absolute Gasteiger partial charge is 0.471 e. The third kappa shape index (κ3) is 2.29. The van der Waals surface area contributed by atoms with Crippen LogP contribution in [-0.2, 0) is 9.59 Å². The van der Waals surface area contributed by atoms with E-state index >= 15 is 0 Å². The molecule has 0 aliphatic carbocycles. The number of carbonyl (C=O) groups is 2. The molecule has 1 heterocycles. The summed E-state index contributed by atoms with van der Waals surface area (Å²) >= 11 is 0. The van der Waals surface area contributed by atoms with Gasteiger partial charge in [-0.15, -0.1) is 0 Å². The zero-order valence-electron chi connectivity index (χ0n) is 9.12. The minimum atomic E-state index is -4.96. The third-order valence-corrected chi connectivity index (χ3v) is 2.52. The van der Waals surface area contributed by atoms with E-state index in [4.69, 9.17) is 0 Å². The second-order valence-corrected chi connectivity index (χ2v) is 3.77. The minimum absolute atomic E-state index is 0.0608. The van der Waals surface area contributed by atoms with Crippen LogP contribution in [0.2, 0.25) is 0 Å². The fourth-order valence-electron chi connectivity index (χ4n) is 1.73. The summed E-state index contributed by atoms with van der Waals surface area (Å²) in [7, 11) is 0. The summed E-state index contributed by atoms with van der Waals surface area (Å²) in [6.45, 7) is -0.290. The monoisotopic (exact) mass is 258 g/mol. The first-order valence-corrected chi connectivity index (χ1v) is 5.17. The lowest BCUT2D eigenvalue weighted by Gasteiger charge is -2.22. The van der Waals surface area contributed by atoms with Crippen LogP contribution in [0.15, 0.2) is 24.3 Å². The number of nitrogens with one attached hydrogen (secondary N) is 1. The topological polar surface area (TPSA) is 49.4 Å². The van der Waals surface area contributed by atoms with Crippen molar-refractivity contribution < 1.29 is 22.8 Å². The van der Waals surface area contributed by atoms with Gasteiger partial charge >= 0.3 is 12.1 Å². The smallest absolute Gasteiger partial charge is 0.324 e. The first-order valence-electron chi connectivity index (χ1n) is 5.17. The highest BCUT2D eigenvalue weighted by atomic mass is 19.4. The number of nitrogens with zero attached hydrogens (tertiary/aromatic N) is 1. The molecule has 2 amide bonds. The Bertz CT molecular complexity index is 499. The molecule has 1 aliphatic heterocycles. The van der Waals surface area contributed by atoms with Gasteiger partial charge in [0.15, 0.2) is 0 Å². The van der Waals surface area contributed by atoms with Gasteiger partial charge in [-0.05, 0) is 12.1 Å². The Morgan fingerprint density at radius 1 is 1.28 bits per heavy atom. The van der Waals surface area contributed by atoms with E-state index in [2.05, 4.69) is 5.32 Å². The van der Waals surface area contributed by atoms with Crippen LogP contribution in [-0.4, -0.2) is 24.5 Å². The summed E-state index contributed by atoms with van der Waals surface area (Å²) in [6, 6.07) is 5.90. The normalized spacial score (nSPS) is 15.7. The summed E-state index contributed by atoms with van der Waals surface area (Å²) in [5.41, 5.74) is 0.267. The van der Waals surface area contributed by atoms with Crippen LogP contribution in [0, 0.1) is 0 Å². The second-order valence-electron chi connectivity index (χ2n) is 3.77. The highest BCUT2D eigenvalue weighted by Crippen LogP contribution is 2.31. The van der Waals surface area contributed by atoms with E-state index in [0.29, 0.717) is 4.90 Å². The fraction of sp³-hybridized carbons (Fsp3) is 0.273. The number of hydrogen-bond acceptors (Lipinski definition) is 2. The molecule has 0 saturated carbocycles. The van der Waals surface area contributed by atoms with Gasteiger partial charge in [-0.1, -0.05) is 12.1 Å². The van der Waals surface area contributed by atoms with Crippen molar-refractivity contribution in [2.45, 2.75) is 12.6 Å². The Balaban J connectivity index is 2.43. The van der Waals surface area contributed by atoms with Crippen LogP contribution in [0.3, 0.4) is 0 Å². The number of anilines is 2. The van der Waals surface area contributed by atoms with Crippen molar-refractivity contribution in [3.05, 3.63) is 24.3 Å². The molecule has 0 spiro atoms. The van der Waals surface area contributed by atoms with Crippen LogP contribution in [0.25, 0.3) is 0 Å². The standard InChI is InChI=1S/C11H9F3N2O2/c12-11(13,14)10(18)16-6-5-9(17)15-7-3-1-2-4-8(7)16/h1-4H,5-6H2,(H,15,17). The van der Waals surface area contributed by atoms with E-state index in [9.17, 15) is 22.8 Å². The zero-order chi connectivity index (χ0) is 13.3. The molecule has 0 aromatic heterocycles. The quantitative estimate of drug-likeness (QED) is 0.773. The van der Waals surface area contributed by atoms with Gasteiger partial charge in [0.1, 0.15) is 0 Å². The summed E-state index contributed by atoms with van der Waals surface area (Å²) in [5, 5.41) is 2.46. The molecular formula is C11H9F3N2O2. The van der Waals surface area contributed by atoms with Crippen molar-refractivity contribution in [3.63, 3.8) is 0 Å². The maximum Gasteiger partial charge on any atom is 0.471 e. The predicted molar refractivity (Wildman–Crippen MR) is 58.1 cm³/mol. The predicted octanol–water partition coefficient (Wildman–Crippen LogP) is 1.92.